The second-order valence-corrected chi connectivity index (χ2v) is 4.55. The fraction of sp³-hybridized carbons (Fsp3) is 0.200. The number of thioether (sulfide) groups is 1. The van der Waals surface area contributed by atoms with Crippen LogP contribution >= 0.6 is 11.8 Å². The zero-order chi connectivity index (χ0) is 13.0. The number of hydrogen-bond donors (Lipinski definition) is 2. The number of carboxylic acids is 1. The molecule has 0 bridgehead atoms. The first-order valence-electron chi connectivity index (χ1n) is 4.99. The number of amides is 1. The molecule has 8 heteroatoms. The Hall–Kier alpha value is -2.09. The van der Waals surface area contributed by atoms with Gasteiger partial charge in [-0.1, -0.05) is 11.8 Å². The van der Waals surface area contributed by atoms with Gasteiger partial charge in [0.25, 0.3) is 0 Å². The van der Waals surface area contributed by atoms with Crippen LogP contribution in [0.5, 0.6) is 0 Å². The predicted molar refractivity (Wildman–Crippen MR) is 65.5 cm³/mol. The molecule has 0 aromatic carbocycles. The summed E-state index contributed by atoms with van der Waals surface area (Å²) in [6, 6.07) is 3.39. The van der Waals surface area contributed by atoms with E-state index in [1.165, 1.54) is 12.5 Å². The standard InChI is InChI=1S/C10H9N3O4S/c14-8-4-7(9(15)16)18-10(12-8)13-11-5-6-2-1-3-17-6/h1-3,5,7H,4H2,(H,15,16)(H,12,13,14)/b11-5+/t7-/m1/s1. The van der Waals surface area contributed by atoms with Gasteiger partial charge in [-0.2, -0.15) is 5.10 Å². The molecule has 7 nitrogen and oxygen atoms in total. The number of carbonyl (C=O) groups excluding carboxylic acids is 1. The van der Waals surface area contributed by atoms with Crippen molar-refractivity contribution in [1.29, 1.82) is 0 Å². The summed E-state index contributed by atoms with van der Waals surface area (Å²) in [7, 11) is 0. The van der Waals surface area contributed by atoms with E-state index < -0.39 is 11.2 Å². The first kappa shape index (κ1) is 12.4. The Kier molecular flexibility index (Phi) is 3.78. The van der Waals surface area contributed by atoms with E-state index in [0.717, 1.165) is 11.8 Å². The molecule has 2 rings (SSSR count). The maximum absolute atomic E-state index is 11.2. The topological polar surface area (TPSA) is 104 Å². The highest BCUT2D eigenvalue weighted by Crippen LogP contribution is 2.20. The zero-order valence-electron chi connectivity index (χ0n) is 9.07. The summed E-state index contributed by atoms with van der Waals surface area (Å²) in [4.78, 5) is 22.0. The minimum atomic E-state index is -1.04. The van der Waals surface area contributed by atoms with Crippen LogP contribution in [0.15, 0.2) is 33.0 Å². The monoisotopic (exact) mass is 267 g/mol. The first-order chi connectivity index (χ1) is 8.65. The van der Waals surface area contributed by atoms with Crippen molar-refractivity contribution in [3.05, 3.63) is 24.2 Å². The van der Waals surface area contributed by atoms with Gasteiger partial charge in [-0.15, -0.1) is 5.10 Å². The average Bonchev–Trinajstić information content (AvgIpc) is 2.81. The van der Waals surface area contributed by atoms with Crippen LogP contribution in [-0.4, -0.2) is 33.6 Å². The van der Waals surface area contributed by atoms with Crippen LogP contribution in [0.2, 0.25) is 0 Å². The maximum Gasteiger partial charge on any atom is 0.317 e. The van der Waals surface area contributed by atoms with Gasteiger partial charge in [0, 0.05) is 6.42 Å². The number of carboxylic acid groups (broad SMARTS) is 1. The summed E-state index contributed by atoms with van der Waals surface area (Å²) < 4.78 is 5.00. The third kappa shape index (κ3) is 3.20. The molecular weight excluding hydrogens is 258 g/mol. The molecule has 1 fully saturated rings. The van der Waals surface area contributed by atoms with Crippen LogP contribution < -0.4 is 5.32 Å². The van der Waals surface area contributed by atoms with Gasteiger partial charge >= 0.3 is 5.97 Å². The second-order valence-electron chi connectivity index (χ2n) is 3.36. The second kappa shape index (κ2) is 5.50. The van der Waals surface area contributed by atoms with E-state index in [4.69, 9.17) is 9.52 Å². The number of furan rings is 1. The molecule has 1 aliphatic rings. The van der Waals surface area contributed by atoms with Crippen LogP contribution in [-0.2, 0) is 9.59 Å². The molecule has 2 N–H and O–H groups in total. The Morgan fingerprint density at radius 2 is 2.50 bits per heavy atom. The molecule has 2 heterocycles. The largest absolute Gasteiger partial charge is 0.480 e. The SMILES string of the molecule is O=C1C[C@H](C(=O)O)S/C(=N/N=C/c2ccco2)N1. The number of rotatable bonds is 3. The Morgan fingerprint density at radius 1 is 1.67 bits per heavy atom. The number of nitrogens with one attached hydrogen (secondary N) is 1. The molecular formula is C10H9N3O4S. The summed E-state index contributed by atoms with van der Waals surface area (Å²) in [5.74, 6) is -0.910. The summed E-state index contributed by atoms with van der Waals surface area (Å²) in [6.45, 7) is 0. The van der Waals surface area contributed by atoms with Crippen LogP contribution in [0.3, 0.4) is 0 Å². The number of carbonyl (C=O) groups is 2. The smallest absolute Gasteiger partial charge is 0.317 e. The number of hydrogen-bond acceptors (Lipinski definition) is 6. The summed E-state index contributed by atoms with van der Waals surface area (Å²) >= 11 is 0.955. The third-order valence-electron chi connectivity index (χ3n) is 2.02. The molecule has 1 aliphatic heterocycles. The molecule has 0 saturated carbocycles. The number of amidine groups is 1. The van der Waals surface area contributed by atoms with E-state index in [1.807, 2.05) is 0 Å². The van der Waals surface area contributed by atoms with Gasteiger partial charge in [0.1, 0.15) is 11.0 Å². The summed E-state index contributed by atoms with van der Waals surface area (Å²) in [6.07, 6.45) is 2.79. The van der Waals surface area contributed by atoms with Crippen molar-refractivity contribution in [2.24, 2.45) is 10.2 Å². The Labute approximate surface area is 106 Å². The molecule has 1 saturated heterocycles. The number of aliphatic carboxylic acids is 1. The Balaban J connectivity index is 2.03. The first-order valence-corrected chi connectivity index (χ1v) is 5.87. The lowest BCUT2D eigenvalue weighted by Gasteiger charge is -2.18. The van der Waals surface area contributed by atoms with Crippen LogP contribution in [0.1, 0.15) is 12.2 Å². The van der Waals surface area contributed by atoms with Gasteiger partial charge in [-0.3, -0.25) is 9.59 Å². The van der Waals surface area contributed by atoms with Gasteiger partial charge in [0.05, 0.1) is 12.5 Å². The molecule has 1 aromatic rings. The lowest BCUT2D eigenvalue weighted by molar-refractivity contribution is -0.138. The van der Waals surface area contributed by atoms with E-state index in [0.29, 0.717) is 5.76 Å². The van der Waals surface area contributed by atoms with Gasteiger partial charge < -0.3 is 14.8 Å². The minimum absolute atomic E-state index is 0.0685. The fourth-order valence-corrected chi connectivity index (χ4v) is 2.11. The van der Waals surface area contributed by atoms with E-state index in [2.05, 4.69) is 15.5 Å². The van der Waals surface area contributed by atoms with Crippen molar-refractivity contribution < 1.29 is 19.1 Å². The highest BCUT2D eigenvalue weighted by molar-refractivity contribution is 8.15. The van der Waals surface area contributed by atoms with Crippen LogP contribution in [0.25, 0.3) is 0 Å². The minimum Gasteiger partial charge on any atom is -0.480 e. The maximum atomic E-state index is 11.2. The van der Waals surface area contributed by atoms with Crippen molar-refractivity contribution >= 4 is 35.0 Å². The highest BCUT2D eigenvalue weighted by atomic mass is 32.2. The summed E-state index contributed by atoms with van der Waals surface area (Å²) in [5.41, 5.74) is 0. The Morgan fingerprint density at radius 3 is 3.17 bits per heavy atom. The molecule has 0 spiro atoms. The van der Waals surface area contributed by atoms with Crippen molar-refractivity contribution in [3.8, 4) is 0 Å². The van der Waals surface area contributed by atoms with E-state index in [1.54, 1.807) is 12.1 Å². The molecule has 18 heavy (non-hydrogen) atoms. The fourth-order valence-electron chi connectivity index (χ4n) is 1.23. The van der Waals surface area contributed by atoms with E-state index in [-0.39, 0.29) is 17.5 Å². The molecule has 0 aliphatic carbocycles. The third-order valence-corrected chi connectivity index (χ3v) is 3.08. The van der Waals surface area contributed by atoms with Gasteiger partial charge in [-0.25, -0.2) is 0 Å². The summed E-state index contributed by atoms with van der Waals surface area (Å²) in [5, 5.41) is 18.1. The van der Waals surface area contributed by atoms with Crippen molar-refractivity contribution in [1.82, 2.24) is 5.32 Å². The quantitative estimate of drug-likeness (QED) is 0.619. The van der Waals surface area contributed by atoms with Crippen LogP contribution in [0, 0.1) is 0 Å². The Bertz CT molecular complexity index is 509. The van der Waals surface area contributed by atoms with Gasteiger partial charge in [0.15, 0.2) is 5.17 Å². The van der Waals surface area contributed by atoms with Gasteiger partial charge in [-0.05, 0) is 12.1 Å². The van der Waals surface area contributed by atoms with Crippen LogP contribution in [0.4, 0.5) is 0 Å². The normalized spacial score (nSPS) is 22.3. The number of nitrogens with zero attached hydrogens (tertiary/aromatic N) is 2. The van der Waals surface area contributed by atoms with E-state index >= 15 is 0 Å². The molecule has 94 valence electrons. The average molecular weight is 267 g/mol. The lowest BCUT2D eigenvalue weighted by Crippen LogP contribution is -2.40. The lowest BCUT2D eigenvalue weighted by atomic mass is 10.3. The highest BCUT2D eigenvalue weighted by Gasteiger charge is 2.29. The van der Waals surface area contributed by atoms with Crippen molar-refractivity contribution in [2.45, 2.75) is 11.7 Å². The molecule has 1 aromatic heterocycles. The molecule has 1 amide bonds. The zero-order valence-corrected chi connectivity index (χ0v) is 9.88. The molecule has 1 atom stereocenters. The predicted octanol–water partition coefficient (Wildman–Crippen LogP) is 0.676. The van der Waals surface area contributed by atoms with E-state index in [9.17, 15) is 9.59 Å². The molecule has 0 radical (unpaired) electrons. The molecule has 0 unspecified atom stereocenters. The van der Waals surface area contributed by atoms with Crippen molar-refractivity contribution in [3.63, 3.8) is 0 Å². The van der Waals surface area contributed by atoms with Crippen molar-refractivity contribution in [2.75, 3.05) is 0 Å². The van der Waals surface area contributed by atoms with Gasteiger partial charge in [0.2, 0.25) is 5.91 Å².